The van der Waals surface area contributed by atoms with E-state index in [1.165, 1.54) is 22.3 Å². The lowest BCUT2D eigenvalue weighted by atomic mass is 9.61. The van der Waals surface area contributed by atoms with Gasteiger partial charge in [-0.2, -0.15) is 0 Å². The van der Waals surface area contributed by atoms with Gasteiger partial charge in [-0.15, -0.1) is 0 Å². The maximum absolute atomic E-state index is 6.61. The number of nitrogen functional groups attached to an aromatic ring is 2. The van der Waals surface area contributed by atoms with Crippen LogP contribution in [0.25, 0.3) is 5.57 Å². The molecule has 0 fully saturated rings. The van der Waals surface area contributed by atoms with Crippen LogP contribution < -0.4 is 22.9 Å². The Hall–Kier alpha value is -4.28. The van der Waals surface area contributed by atoms with Crippen LogP contribution in [0.4, 0.5) is 11.4 Å². The first-order chi connectivity index (χ1) is 20.2. The number of anilines is 2. The molecular weight excluding hydrogens is 512 g/mol. The van der Waals surface area contributed by atoms with Crippen LogP contribution in [-0.2, 0) is 5.41 Å². The number of allylic oxidation sites excluding steroid dienone is 12. The van der Waals surface area contributed by atoms with Gasteiger partial charge in [-0.1, -0.05) is 121 Å². The van der Waals surface area contributed by atoms with Crippen molar-refractivity contribution in [1.29, 1.82) is 0 Å². The summed E-state index contributed by atoms with van der Waals surface area (Å²) >= 11 is 0. The quantitative estimate of drug-likeness (QED) is 0.197. The maximum atomic E-state index is 6.61. The van der Waals surface area contributed by atoms with Crippen molar-refractivity contribution < 1.29 is 0 Å². The summed E-state index contributed by atoms with van der Waals surface area (Å²) in [5.41, 5.74) is 36.7. The maximum Gasteiger partial charge on any atom is 0.0394 e. The van der Waals surface area contributed by atoms with E-state index in [0.29, 0.717) is 0 Å². The molecule has 4 atom stereocenters. The van der Waals surface area contributed by atoms with Crippen LogP contribution in [0.3, 0.4) is 0 Å². The summed E-state index contributed by atoms with van der Waals surface area (Å²) in [7, 11) is 0. The fraction of sp³-hybridized carbons (Fsp3) is 0.263. The van der Waals surface area contributed by atoms with Crippen LogP contribution in [0.5, 0.6) is 0 Å². The van der Waals surface area contributed by atoms with Gasteiger partial charge in [0.2, 0.25) is 0 Å². The Balaban J connectivity index is 1.66. The molecule has 0 aliphatic heterocycles. The van der Waals surface area contributed by atoms with Gasteiger partial charge in [0, 0.05) is 45.6 Å². The number of hydrogen-bond acceptors (Lipinski definition) is 4. The van der Waals surface area contributed by atoms with Crippen molar-refractivity contribution in [2.75, 3.05) is 11.5 Å². The minimum Gasteiger partial charge on any atom is -0.398 e. The molecule has 3 aliphatic rings. The van der Waals surface area contributed by atoms with Crippen LogP contribution in [0, 0.1) is 5.92 Å². The third kappa shape index (κ3) is 5.60. The largest absolute Gasteiger partial charge is 0.398 e. The van der Waals surface area contributed by atoms with E-state index < -0.39 is 0 Å². The lowest BCUT2D eigenvalue weighted by molar-refractivity contribution is 0.393. The van der Waals surface area contributed by atoms with Gasteiger partial charge in [-0.05, 0) is 61.8 Å². The summed E-state index contributed by atoms with van der Waals surface area (Å²) in [4.78, 5) is 0. The zero-order valence-electron chi connectivity index (χ0n) is 24.9. The molecule has 0 saturated heterocycles. The van der Waals surface area contributed by atoms with Crippen molar-refractivity contribution in [1.82, 2.24) is 0 Å². The van der Waals surface area contributed by atoms with Crippen LogP contribution in [-0.4, -0.2) is 6.04 Å². The highest BCUT2D eigenvalue weighted by molar-refractivity contribution is 5.85. The van der Waals surface area contributed by atoms with Gasteiger partial charge in [0.25, 0.3) is 0 Å². The number of rotatable bonds is 8. The predicted molar refractivity (Wildman–Crippen MR) is 180 cm³/mol. The first kappa shape index (κ1) is 29.2. The highest BCUT2D eigenvalue weighted by Crippen LogP contribution is 2.50. The summed E-state index contributed by atoms with van der Waals surface area (Å²) < 4.78 is 0. The van der Waals surface area contributed by atoms with Crippen molar-refractivity contribution in [2.45, 2.75) is 56.9 Å². The Morgan fingerprint density at radius 2 is 1.79 bits per heavy atom. The first-order valence-electron chi connectivity index (χ1n) is 14.9. The van der Waals surface area contributed by atoms with E-state index in [9.17, 15) is 0 Å². The summed E-state index contributed by atoms with van der Waals surface area (Å²) in [6, 6.07) is 14.4. The summed E-state index contributed by atoms with van der Waals surface area (Å²) in [5, 5.41) is 0. The summed E-state index contributed by atoms with van der Waals surface area (Å²) in [5.74, 6) is 0.189. The molecule has 0 heterocycles. The molecule has 216 valence electrons. The van der Waals surface area contributed by atoms with E-state index in [1.54, 1.807) is 0 Å². The van der Waals surface area contributed by atoms with Gasteiger partial charge in [0.1, 0.15) is 0 Å². The molecule has 42 heavy (non-hydrogen) atoms. The van der Waals surface area contributed by atoms with E-state index in [0.717, 1.165) is 59.5 Å². The molecule has 4 heteroatoms. The molecule has 0 spiro atoms. The molecule has 0 saturated carbocycles. The van der Waals surface area contributed by atoms with E-state index in [2.05, 4.69) is 81.1 Å². The number of benzene rings is 2. The van der Waals surface area contributed by atoms with Crippen molar-refractivity contribution >= 4 is 16.9 Å². The normalized spacial score (nSPS) is 23.8. The zero-order valence-corrected chi connectivity index (χ0v) is 24.9. The molecule has 0 radical (unpaired) electrons. The third-order valence-electron chi connectivity index (χ3n) is 9.43. The lowest BCUT2D eigenvalue weighted by Gasteiger charge is -2.43. The highest BCUT2D eigenvalue weighted by Gasteiger charge is 2.40. The molecule has 2 aromatic rings. The van der Waals surface area contributed by atoms with Crippen molar-refractivity contribution in [2.24, 2.45) is 17.4 Å². The molecule has 3 aliphatic carbocycles. The minimum atomic E-state index is -0.309. The first-order valence-corrected chi connectivity index (χ1v) is 14.9. The standard InChI is InChI=1S/C38H44N4/c1-4-5-6-11-26-16-17-27(22-25(26)2)38(3,28-18-20-36(41)32(23-28)30-12-7-9-14-34(30)39)29-19-21-37(42)33(24-29)31-13-8-10-15-35(31)40/h4-10,12-15,18,20-24,29-30,34H,1,11,16-17,19,39-42H2,2-3H3/b6-5-. The zero-order chi connectivity index (χ0) is 29.9. The van der Waals surface area contributed by atoms with Gasteiger partial charge in [0.15, 0.2) is 0 Å². The lowest BCUT2D eigenvalue weighted by Crippen LogP contribution is -2.36. The van der Waals surface area contributed by atoms with Gasteiger partial charge in [-0.3, -0.25) is 0 Å². The van der Waals surface area contributed by atoms with E-state index in [4.69, 9.17) is 22.9 Å². The number of hydrogen-bond donors (Lipinski definition) is 4. The smallest absolute Gasteiger partial charge is 0.0394 e. The monoisotopic (exact) mass is 556 g/mol. The third-order valence-corrected chi connectivity index (χ3v) is 9.43. The predicted octanol–water partition coefficient (Wildman–Crippen LogP) is 7.76. The van der Waals surface area contributed by atoms with Gasteiger partial charge < -0.3 is 22.9 Å². The summed E-state index contributed by atoms with van der Waals surface area (Å²) in [6.45, 7) is 8.45. The van der Waals surface area contributed by atoms with Crippen molar-refractivity contribution in [3.63, 3.8) is 0 Å². The molecule has 0 bridgehead atoms. The summed E-state index contributed by atoms with van der Waals surface area (Å²) in [6.07, 6.45) is 25.1. The van der Waals surface area contributed by atoms with Crippen LogP contribution in [0.1, 0.15) is 62.1 Å². The fourth-order valence-electron chi connectivity index (χ4n) is 6.78. The average molecular weight is 557 g/mol. The Morgan fingerprint density at radius 1 is 1.00 bits per heavy atom. The fourth-order valence-corrected chi connectivity index (χ4v) is 6.78. The Bertz CT molecular complexity index is 1580. The molecule has 4 nitrogen and oxygen atoms in total. The molecule has 0 aromatic heterocycles. The van der Waals surface area contributed by atoms with Crippen LogP contribution in [0.15, 0.2) is 132 Å². The number of para-hydroxylation sites is 1. The SMILES string of the molecule is C=C/C=C\CC1=C(C)C=C(C(C)(c2ccc(N)c(C3C=CC=CC3N)c2)C2C=C(c3ccccc3N)C(N)=CC2)CC1. The van der Waals surface area contributed by atoms with E-state index in [-0.39, 0.29) is 23.3 Å². The van der Waals surface area contributed by atoms with Crippen molar-refractivity contribution in [3.05, 3.63) is 149 Å². The Kier molecular flexibility index (Phi) is 8.56. The molecule has 4 unspecified atom stereocenters. The molecule has 2 aromatic carbocycles. The van der Waals surface area contributed by atoms with Gasteiger partial charge in [-0.25, -0.2) is 0 Å². The van der Waals surface area contributed by atoms with Crippen molar-refractivity contribution in [3.8, 4) is 0 Å². The topological polar surface area (TPSA) is 104 Å². The van der Waals surface area contributed by atoms with E-state index >= 15 is 0 Å². The Morgan fingerprint density at radius 3 is 2.52 bits per heavy atom. The van der Waals surface area contributed by atoms with Crippen LogP contribution in [0.2, 0.25) is 0 Å². The number of nitrogens with two attached hydrogens (primary N) is 4. The molecular formula is C38H44N4. The minimum absolute atomic E-state index is 0.0292. The van der Waals surface area contributed by atoms with Crippen LogP contribution >= 0.6 is 0 Å². The molecule has 5 rings (SSSR count). The average Bonchev–Trinajstić information content (AvgIpc) is 2.99. The van der Waals surface area contributed by atoms with Gasteiger partial charge >= 0.3 is 0 Å². The Labute approximate surface area is 251 Å². The molecule has 0 amide bonds. The molecule has 8 N–H and O–H groups in total. The van der Waals surface area contributed by atoms with E-state index in [1.807, 2.05) is 42.5 Å². The second-order valence-electron chi connectivity index (χ2n) is 11.9. The highest BCUT2D eigenvalue weighted by atomic mass is 14.7. The van der Waals surface area contributed by atoms with Gasteiger partial charge in [0.05, 0.1) is 0 Å². The second kappa shape index (κ2) is 12.3. The second-order valence-corrected chi connectivity index (χ2v) is 11.9.